The molecule has 0 aromatic heterocycles. The van der Waals surface area contributed by atoms with E-state index in [9.17, 15) is 38.7 Å². The van der Waals surface area contributed by atoms with Gasteiger partial charge >= 0.3 is 41.8 Å². The van der Waals surface area contributed by atoms with Gasteiger partial charge < -0.3 is 52.5 Å². The molecule has 0 bridgehead atoms. The number of aliphatic hydroxyl groups is 1. The molecule has 108 heavy (non-hydrogen) atoms. The number of hydrogen-bond acceptors (Lipinski definition) is 18. The molecular formula is C90H164O18. The Balaban J connectivity index is 2.38. The summed E-state index contributed by atoms with van der Waals surface area (Å²) in [6.07, 6.45) is 56.3. The molecule has 2 heterocycles. The summed E-state index contributed by atoms with van der Waals surface area (Å²) in [5.41, 5.74) is 0. The van der Waals surface area contributed by atoms with Gasteiger partial charge in [0.2, 0.25) is 12.1 Å². The van der Waals surface area contributed by atoms with Gasteiger partial charge in [-0.1, -0.05) is 387 Å². The average molecular weight is 1530 g/mol. The van der Waals surface area contributed by atoms with Gasteiger partial charge in [-0.25, -0.2) is 0 Å². The van der Waals surface area contributed by atoms with E-state index in [2.05, 4.69) is 27.7 Å². The third-order valence-electron chi connectivity index (χ3n) is 21.7. The van der Waals surface area contributed by atoms with Crippen LogP contribution in [0.4, 0.5) is 0 Å². The minimum absolute atomic E-state index is 0.00228. The zero-order chi connectivity index (χ0) is 78.6. The summed E-state index contributed by atoms with van der Waals surface area (Å²) in [6, 6.07) is 0. The molecule has 2 aliphatic rings. The Bertz CT molecular complexity index is 2190. The molecule has 0 spiro atoms. The van der Waals surface area contributed by atoms with Crippen molar-refractivity contribution in [1.29, 1.82) is 0 Å². The first kappa shape index (κ1) is 100. The van der Waals surface area contributed by atoms with Crippen LogP contribution in [0.3, 0.4) is 0 Å². The van der Waals surface area contributed by atoms with Crippen LogP contribution in [0.1, 0.15) is 459 Å². The van der Waals surface area contributed by atoms with Gasteiger partial charge in [-0.05, 0) is 25.7 Å². The fraction of sp³-hybridized carbons (Fsp3) is 0.922. The summed E-state index contributed by atoms with van der Waals surface area (Å²) in [6.45, 7) is 10.5. The first-order valence-electron chi connectivity index (χ1n) is 45.5. The molecule has 2 saturated heterocycles. The predicted molar refractivity (Wildman–Crippen MR) is 431 cm³/mol. The lowest BCUT2D eigenvalue weighted by atomic mass is 9.97. The number of unbranched alkanes of at least 4 members (excludes halogenated alkanes) is 56. The third kappa shape index (κ3) is 53.2. The quantitative estimate of drug-likeness (QED) is 0.0339. The van der Waals surface area contributed by atoms with Crippen molar-refractivity contribution >= 4 is 41.8 Å². The number of carbonyl (C=O) groups is 7. The predicted octanol–water partition coefficient (Wildman–Crippen LogP) is 23.6. The van der Waals surface area contributed by atoms with E-state index in [1.807, 2.05) is 0 Å². The lowest BCUT2D eigenvalue weighted by molar-refractivity contribution is -0.384. The molecule has 632 valence electrons. The third-order valence-corrected chi connectivity index (χ3v) is 21.7. The van der Waals surface area contributed by atoms with Gasteiger partial charge in [0.05, 0.1) is 0 Å². The molecule has 0 aromatic rings. The van der Waals surface area contributed by atoms with Crippen molar-refractivity contribution in [2.45, 2.75) is 514 Å². The van der Waals surface area contributed by atoms with Crippen molar-refractivity contribution < 1.29 is 86.0 Å². The van der Waals surface area contributed by atoms with Crippen LogP contribution in [0.15, 0.2) is 0 Å². The molecule has 9 atom stereocenters. The number of hydrogen-bond donors (Lipinski definition) is 1. The molecule has 18 heteroatoms. The highest BCUT2D eigenvalue weighted by molar-refractivity contribution is 5.71. The number of carbonyl (C=O) groups excluding carboxylic acids is 7. The van der Waals surface area contributed by atoms with Crippen LogP contribution in [0.5, 0.6) is 0 Å². The van der Waals surface area contributed by atoms with Crippen LogP contribution < -0.4 is 0 Å². The lowest BCUT2D eigenvalue weighted by Gasteiger charge is -2.46. The molecule has 0 aromatic carbocycles. The largest absolute Gasteiger partial charge is 0.463 e. The van der Waals surface area contributed by atoms with E-state index in [1.54, 1.807) is 0 Å². The molecule has 18 nitrogen and oxygen atoms in total. The maximum absolute atomic E-state index is 14.1. The maximum atomic E-state index is 14.1. The second-order valence-electron chi connectivity index (χ2n) is 32.1. The maximum Gasteiger partial charge on any atom is 0.306 e. The van der Waals surface area contributed by atoms with E-state index in [0.29, 0.717) is 25.7 Å². The number of ether oxygens (including phenoxy) is 10. The number of rotatable bonds is 76. The standard InChI is InChI=1S/C90H164O18/c1-8-12-16-20-24-28-32-36-40-44-48-52-56-60-64-68-80(94)99-72-78-84(106-83(97)71-67-63-59-55-51-47-43-39-35-31-27-23-19-15-11-4)86(103-76(6)92)87(104-77(7)93)89(105-78)108-90(74-101-82(96)70-66-62-58-54-50-46-42-38-34-30-26-22-18-14-10-3)88(98)85(102-75(5)91)79(107-90)73-100-81(95)69-65-61-57-53-49-45-41-37-33-29-25-21-17-13-9-2/h78-79,84-89,98H,8-74H2,1-7H3/t78-,79-,84-,85-,86+,87-,88+,89-,90+/m1/s1. The topological polar surface area (TPSA) is 232 Å². The van der Waals surface area contributed by atoms with Gasteiger partial charge in [0.15, 0.2) is 30.5 Å². The summed E-state index contributed by atoms with van der Waals surface area (Å²) in [7, 11) is 0. The van der Waals surface area contributed by atoms with Crippen molar-refractivity contribution in [3.63, 3.8) is 0 Å². The monoisotopic (exact) mass is 1530 g/mol. The molecule has 0 saturated carbocycles. The Morgan fingerprint density at radius 3 is 0.806 bits per heavy atom. The average Bonchev–Trinajstić information content (AvgIpc) is 1.55. The summed E-state index contributed by atoms with van der Waals surface area (Å²) in [4.78, 5) is 94.8. The van der Waals surface area contributed by atoms with Crippen molar-refractivity contribution in [1.82, 2.24) is 0 Å². The van der Waals surface area contributed by atoms with E-state index in [1.165, 1.54) is 257 Å². The highest BCUT2D eigenvalue weighted by Crippen LogP contribution is 2.41. The summed E-state index contributed by atoms with van der Waals surface area (Å²) >= 11 is 0. The smallest absolute Gasteiger partial charge is 0.306 e. The molecular weight excluding hydrogens is 1370 g/mol. The summed E-state index contributed by atoms with van der Waals surface area (Å²) < 4.78 is 61.4. The number of esters is 7. The highest BCUT2D eigenvalue weighted by Gasteiger charge is 2.63. The van der Waals surface area contributed by atoms with Gasteiger partial charge in [-0.15, -0.1) is 0 Å². The first-order valence-corrected chi connectivity index (χ1v) is 45.5. The fourth-order valence-corrected chi connectivity index (χ4v) is 15.2. The molecule has 0 amide bonds. The molecule has 0 unspecified atom stereocenters. The van der Waals surface area contributed by atoms with Crippen LogP contribution >= 0.6 is 0 Å². The zero-order valence-corrected chi connectivity index (χ0v) is 70.4. The van der Waals surface area contributed by atoms with Gasteiger partial charge in [0.1, 0.15) is 32.0 Å². The zero-order valence-electron chi connectivity index (χ0n) is 70.4. The van der Waals surface area contributed by atoms with Crippen LogP contribution in [0.25, 0.3) is 0 Å². The Hall–Kier alpha value is -3.87. The Morgan fingerprint density at radius 1 is 0.278 bits per heavy atom. The van der Waals surface area contributed by atoms with Crippen molar-refractivity contribution in [3.8, 4) is 0 Å². The van der Waals surface area contributed by atoms with E-state index in [4.69, 9.17) is 47.4 Å². The Labute approximate surface area is 658 Å². The molecule has 1 N–H and O–H groups in total. The molecule has 2 aliphatic heterocycles. The van der Waals surface area contributed by atoms with E-state index in [-0.39, 0.29) is 25.7 Å². The second-order valence-corrected chi connectivity index (χ2v) is 32.1. The van der Waals surface area contributed by atoms with Crippen molar-refractivity contribution in [2.24, 2.45) is 0 Å². The highest BCUT2D eigenvalue weighted by atomic mass is 16.8. The van der Waals surface area contributed by atoms with E-state index < -0.39 is 116 Å². The van der Waals surface area contributed by atoms with Gasteiger partial charge in [0, 0.05) is 46.5 Å². The van der Waals surface area contributed by atoms with Crippen LogP contribution in [-0.4, -0.2) is 122 Å². The van der Waals surface area contributed by atoms with E-state index >= 15 is 0 Å². The van der Waals surface area contributed by atoms with Gasteiger partial charge in [-0.3, -0.25) is 33.6 Å². The molecule has 0 radical (unpaired) electrons. The summed E-state index contributed by atoms with van der Waals surface area (Å²) in [5, 5.41) is 12.6. The fourth-order valence-electron chi connectivity index (χ4n) is 15.2. The van der Waals surface area contributed by atoms with Crippen molar-refractivity contribution in [3.05, 3.63) is 0 Å². The number of aliphatic hydroxyl groups excluding tert-OH is 1. The minimum atomic E-state index is -2.52. The van der Waals surface area contributed by atoms with E-state index in [0.717, 1.165) is 124 Å². The Morgan fingerprint density at radius 2 is 0.519 bits per heavy atom. The Kier molecular flexibility index (Phi) is 64.8. The SMILES string of the molecule is CCCCCCCCCCCCCCCCCC(=O)OC[C@H]1O[C@@](COC(=O)CCCCCCCCCCCCCCCCC)(O[C@H]2O[C@H](COC(=O)CCCCCCCCCCCCCCCCC)[C@@H](OC(=O)CCCCCCCCCCCCCCCCC)[C@H](OC(C)=O)[C@H]2OC(C)=O)[C@@H](O)[C@@H]1OC(C)=O. The summed E-state index contributed by atoms with van der Waals surface area (Å²) in [5.74, 6) is -7.48. The van der Waals surface area contributed by atoms with Crippen LogP contribution in [-0.2, 0) is 80.9 Å². The van der Waals surface area contributed by atoms with Gasteiger partial charge in [0.25, 0.3) is 0 Å². The molecule has 2 rings (SSSR count). The van der Waals surface area contributed by atoms with Crippen molar-refractivity contribution in [2.75, 3.05) is 19.8 Å². The molecule has 2 fully saturated rings. The normalized spacial score (nSPS) is 19.8. The van der Waals surface area contributed by atoms with Crippen LogP contribution in [0, 0.1) is 0 Å². The first-order chi connectivity index (χ1) is 52.6. The van der Waals surface area contributed by atoms with Gasteiger partial charge in [-0.2, -0.15) is 0 Å². The second kappa shape index (κ2) is 69.8. The molecule has 0 aliphatic carbocycles. The minimum Gasteiger partial charge on any atom is -0.463 e. The van der Waals surface area contributed by atoms with Crippen LogP contribution in [0.2, 0.25) is 0 Å². The lowest BCUT2D eigenvalue weighted by Crippen LogP contribution is -2.65.